The molecule has 3 heteroatoms. The molecule has 1 saturated carbocycles. The first-order valence-electron chi connectivity index (χ1n) is 8.82. The highest BCUT2D eigenvalue weighted by Crippen LogP contribution is 2.39. The topological polar surface area (TPSA) is 32.5 Å². The molecule has 2 aliphatic heterocycles. The molecule has 3 fully saturated rings. The van der Waals surface area contributed by atoms with Gasteiger partial charge in [-0.2, -0.15) is 0 Å². The Morgan fingerprint density at radius 2 is 2.05 bits per heavy atom. The van der Waals surface area contributed by atoms with Gasteiger partial charge in [0.15, 0.2) is 0 Å². The van der Waals surface area contributed by atoms with E-state index >= 15 is 0 Å². The Morgan fingerprint density at radius 3 is 2.80 bits per heavy atom. The van der Waals surface area contributed by atoms with Crippen LogP contribution in [0.25, 0.3) is 0 Å². The molecule has 0 radical (unpaired) electrons. The Labute approximate surface area is 124 Å². The SMILES string of the molecule is CC1CCCC(N(C)C2(CN)CCN3CCCC3C2)C1. The zero-order chi connectivity index (χ0) is 14.2. The molecule has 0 amide bonds. The zero-order valence-electron chi connectivity index (χ0n) is 13.5. The summed E-state index contributed by atoms with van der Waals surface area (Å²) in [5.74, 6) is 0.901. The first kappa shape index (κ1) is 14.8. The third kappa shape index (κ3) is 2.65. The lowest BCUT2D eigenvalue weighted by Gasteiger charge is -2.52. The number of hydrogen-bond acceptors (Lipinski definition) is 3. The van der Waals surface area contributed by atoms with Crippen LogP contribution in [0.4, 0.5) is 0 Å². The molecule has 4 atom stereocenters. The molecular weight excluding hydrogens is 246 g/mol. The Hall–Kier alpha value is -0.120. The fraction of sp³-hybridized carbons (Fsp3) is 1.00. The Bertz CT molecular complexity index is 332. The van der Waals surface area contributed by atoms with E-state index in [2.05, 4.69) is 23.8 Å². The molecule has 20 heavy (non-hydrogen) atoms. The van der Waals surface area contributed by atoms with Crippen LogP contribution in [0, 0.1) is 5.92 Å². The fourth-order valence-electron chi connectivity index (χ4n) is 5.10. The van der Waals surface area contributed by atoms with Gasteiger partial charge in [-0.1, -0.05) is 19.8 Å². The van der Waals surface area contributed by atoms with Gasteiger partial charge in [0.1, 0.15) is 0 Å². The predicted molar refractivity (Wildman–Crippen MR) is 84.8 cm³/mol. The van der Waals surface area contributed by atoms with Gasteiger partial charge >= 0.3 is 0 Å². The summed E-state index contributed by atoms with van der Waals surface area (Å²) in [6.45, 7) is 5.87. The molecule has 0 aromatic heterocycles. The molecule has 0 bridgehead atoms. The molecule has 0 spiro atoms. The standard InChI is InChI=1S/C17H33N3/c1-14-5-3-6-15(11-14)19(2)17(13-18)8-10-20-9-4-7-16(20)12-17/h14-16H,3-13,18H2,1-2H3. The lowest BCUT2D eigenvalue weighted by atomic mass is 9.78. The van der Waals surface area contributed by atoms with E-state index in [0.29, 0.717) is 0 Å². The van der Waals surface area contributed by atoms with Crippen molar-refractivity contribution >= 4 is 0 Å². The summed E-state index contributed by atoms with van der Waals surface area (Å²) in [4.78, 5) is 5.43. The number of nitrogens with zero attached hydrogens (tertiary/aromatic N) is 2. The summed E-state index contributed by atoms with van der Waals surface area (Å²) in [5.41, 5.74) is 6.59. The first-order valence-corrected chi connectivity index (χ1v) is 8.82. The van der Waals surface area contributed by atoms with Crippen molar-refractivity contribution in [3.63, 3.8) is 0 Å². The van der Waals surface area contributed by atoms with E-state index in [-0.39, 0.29) is 5.54 Å². The zero-order valence-corrected chi connectivity index (χ0v) is 13.5. The van der Waals surface area contributed by atoms with E-state index in [1.807, 2.05) is 0 Å². The van der Waals surface area contributed by atoms with Crippen molar-refractivity contribution in [1.82, 2.24) is 9.80 Å². The second-order valence-electron chi connectivity index (χ2n) is 7.75. The molecule has 0 aromatic rings. The van der Waals surface area contributed by atoms with Crippen LogP contribution < -0.4 is 5.73 Å². The van der Waals surface area contributed by atoms with Crippen molar-refractivity contribution in [3.8, 4) is 0 Å². The quantitative estimate of drug-likeness (QED) is 0.861. The highest BCUT2D eigenvalue weighted by molar-refractivity contribution is 5.03. The molecule has 116 valence electrons. The van der Waals surface area contributed by atoms with Gasteiger partial charge in [-0.3, -0.25) is 4.90 Å². The minimum Gasteiger partial charge on any atom is -0.329 e. The largest absolute Gasteiger partial charge is 0.329 e. The van der Waals surface area contributed by atoms with E-state index in [9.17, 15) is 0 Å². The van der Waals surface area contributed by atoms with Crippen LogP contribution in [0.1, 0.15) is 58.3 Å². The molecule has 3 rings (SSSR count). The monoisotopic (exact) mass is 279 g/mol. The summed E-state index contributed by atoms with van der Waals surface area (Å²) >= 11 is 0. The molecule has 1 aliphatic carbocycles. The van der Waals surface area contributed by atoms with E-state index in [0.717, 1.165) is 24.5 Å². The van der Waals surface area contributed by atoms with Gasteiger partial charge in [0.2, 0.25) is 0 Å². The van der Waals surface area contributed by atoms with Crippen LogP contribution in [-0.2, 0) is 0 Å². The average molecular weight is 279 g/mol. The average Bonchev–Trinajstić information content (AvgIpc) is 2.93. The predicted octanol–water partition coefficient (Wildman–Crippen LogP) is 2.45. The van der Waals surface area contributed by atoms with Crippen molar-refractivity contribution < 1.29 is 0 Å². The van der Waals surface area contributed by atoms with E-state index < -0.39 is 0 Å². The fourth-order valence-corrected chi connectivity index (χ4v) is 5.10. The minimum absolute atomic E-state index is 0.285. The van der Waals surface area contributed by atoms with Gasteiger partial charge in [-0.15, -0.1) is 0 Å². The van der Waals surface area contributed by atoms with Gasteiger partial charge < -0.3 is 10.6 Å². The number of fused-ring (bicyclic) bond motifs is 1. The van der Waals surface area contributed by atoms with Crippen LogP contribution in [0.15, 0.2) is 0 Å². The maximum absolute atomic E-state index is 6.30. The third-order valence-corrected chi connectivity index (χ3v) is 6.56. The minimum atomic E-state index is 0.285. The van der Waals surface area contributed by atoms with Gasteiger partial charge in [-0.05, 0) is 58.0 Å². The molecule has 3 nitrogen and oxygen atoms in total. The molecule has 2 N–H and O–H groups in total. The molecular formula is C17H33N3. The first-order chi connectivity index (χ1) is 9.64. The van der Waals surface area contributed by atoms with Crippen molar-refractivity contribution in [2.75, 3.05) is 26.7 Å². The van der Waals surface area contributed by atoms with Crippen molar-refractivity contribution in [2.24, 2.45) is 11.7 Å². The lowest BCUT2D eigenvalue weighted by Crippen LogP contribution is -2.62. The molecule has 2 saturated heterocycles. The number of rotatable bonds is 3. The van der Waals surface area contributed by atoms with Crippen molar-refractivity contribution in [3.05, 3.63) is 0 Å². The number of likely N-dealkylation sites (N-methyl/N-ethyl adjacent to an activating group) is 1. The lowest BCUT2D eigenvalue weighted by molar-refractivity contribution is -0.0130. The molecule has 4 unspecified atom stereocenters. The maximum Gasteiger partial charge on any atom is 0.0358 e. The Kier molecular flexibility index (Phi) is 4.40. The van der Waals surface area contributed by atoms with Crippen LogP contribution >= 0.6 is 0 Å². The highest BCUT2D eigenvalue weighted by Gasteiger charge is 2.45. The Morgan fingerprint density at radius 1 is 1.20 bits per heavy atom. The smallest absolute Gasteiger partial charge is 0.0358 e. The summed E-state index contributed by atoms with van der Waals surface area (Å²) in [6, 6.07) is 1.59. The maximum atomic E-state index is 6.30. The summed E-state index contributed by atoms with van der Waals surface area (Å²) in [5, 5.41) is 0. The molecule has 3 aliphatic rings. The highest BCUT2D eigenvalue weighted by atomic mass is 15.3. The molecule has 2 heterocycles. The van der Waals surface area contributed by atoms with Crippen LogP contribution in [0.3, 0.4) is 0 Å². The van der Waals surface area contributed by atoms with E-state index in [1.165, 1.54) is 64.5 Å². The Balaban J connectivity index is 1.71. The van der Waals surface area contributed by atoms with Crippen molar-refractivity contribution in [2.45, 2.75) is 75.9 Å². The van der Waals surface area contributed by atoms with Crippen LogP contribution in [0.2, 0.25) is 0 Å². The number of hydrogen-bond donors (Lipinski definition) is 1. The van der Waals surface area contributed by atoms with Crippen LogP contribution in [0.5, 0.6) is 0 Å². The van der Waals surface area contributed by atoms with Crippen molar-refractivity contribution in [1.29, 1.82) is 0 Å². The van der Waals surface area contributed by atoms with E-state index in [1.54, 1.807) is 0 Å². The van der Waals surface area contributed by atoms with Crippen LogP contribution in [-0.4, -0.2) is 54.1 Å². The van der Waals surface area contributed by atoms with Gasteiger partial charge in [0.25, 0.3) is 0 Å². The summed E-state index contributed by atoms with van der Waals surface area (Å²) < 4.78 is 0. The van der Waals surface area contributed by atoms with Gasteiger partial charge in [0.05, 0.1) is 0 Å². The molecule has 0 aromatic carbocycles. The second kappa shape index (κ2) is 5.94. The second-order valence-corrected chi connectivity index (χ2v) is 7.75. The number of piperidine rings is 1. The number of nitrogens with two attached hydrogens (primary N) is 1. The van der Waals surface area contributed by atoms with E-state index in [4.69, 9.17) is 5.73 Å². The summed E-state index contributed by atoms with van der Waals surface area (Å²) in [7, 11) is 2.38. The van der Waals surface area contributed by atoms with Gasteiger partial charge in [-0.25, -0.2) is 0 Å². The third-order valence-electron chi connectivity index (χ3n) is 6.56. The summed E-state index contributed by atoms with van der Waals surface area (Å²) in [6.07, 6.45) is 11.0. The normalized spacial score (nSPS) is 42.9. The van der Waals surface area contributed by atoms with Gasteiger partial charge in [0, 0.05) is 30.7 Å².